The summed E-state index contributed by atoms with van der Waals surface area (Å²) in [7, 11) is 0. The van der Waals surface area contributed by atoms with Gasteiger partial charge in [-0.2, -0.15) is 0 Å². The predicted octanol–water partition coefficient (Wildman–Crippen LogP) is -0.177. The number of nitrogens with two attached hydrogens (primary N) is 2. The molecule has 0 aliphatic rings. The molecule has 0 saturated heterocycles. The fourth-order valence-corrected chi connectivity index (χ4v) is 1.59. The molecule has 0 radical (unpaired) electrons. The van der Waals surface area contributed by atoms with Crippen molar-refractivity contribution in [3.63, 3.8) is 0 Å². The van der Waals surface area contributed by atoms with Crippen LogP contribution in [0.25, 0.3) is 0 Å². The molecule has 0 unspecified atom stereocenters. The smallest absolute Gasteiger partial charge is 0.248 e. The second kappa shape index (κ2) is 7.25. The number of amides is 3. The van der Waals surface area contributed by atoms with Crippen molar-refractivity contribution in [2.75, 3.05) is 18.4 Å². The highest BCUT2D eigenvalue weighted by atomic mass is 16.2. The van der Waals surface area contributed by atoms with E-state index in [4.69, 9.17) is 11.5 Å². The van der Waals surface area contributed by atoms with E-state index in [0.717, 1.165) is 6.54 Å². The summed E-state index contributed by atoms with van der Waals surface area (Å²) in [5.41, 5.74) is 10.9. The van der Waals surface area contributed by atoms with Crippen LogP contribution in [0.4, 0.5) is 5.69 Å². The molecule has 0 bridgehead atoms. The number of rotatable bonds is 7. The summed E-state index contributed by atoms with van der Waals surface area (Å²) in [5.74, 6) is -1.63. The molecule has 0 atom stereocenters. The lowest BCUT2D eigenvalue weighted by Crippen LogP contribution is -2.22. The van der Waals surface area contributed by atoms with E-state index in [0.29, 0.717) is 12.2 Å². The number of carbonyl (C=O) groups is 3. The molecular formula is C13H18N4O3. The van der Waals surface area contributed by atoms with Gasteiger partial charge in [-0.1, -0.05) is 6.92 Å². The minimum Gasteiger partial charge on any atom is -0.366 e. The molecule has 0 heterocycles. The van der Waals surface area contributed by atoms with Crippen LogP contribution >= 0.6 is 0 Å². The Hall–Kier alpha value is -2.41. The second-order valence-electron chi connectivity index (χ2n) is 4.18. The monoisotopic (exact) mass is 278 g/mol. The minimum atomic E-state index is -0.698. The molecule has 3 amide bonds. The van der Waals surface area contributed by atoms with Gasteiger partial charge in [-0.25, -0.2) is 0 Å². The molecule has 0 saturated carbocycles. The van der Waals surface area contributed by atoms with Gasteiger partial charge in [-0.15, -0.1) is 0 Å². The summed E-state index contributed by atoms with van der Waals surface area (Å²) >= 11 is 0. The van der Waals surface area contributed by atoms with Crippen LogP contribution in [0, 0.1) is 0 Å². The van der Waals surface area contributed by atoms with Crippen LogP contribution in [-0.4, -0.2) is 30.8 Å². The lowest BCUT2D eigenvalue weighted by Gasteiger charge is -2.08. The van der Waals surface area contributed by atoms with Gasteiger partial charge in [0.25, 0.3) is 0 Å². The first kappa shape index (κ1) is 15.6. The first-order chi connectivity index (χ1) is 9.43. The summed E-state index contributed by atoms with van der Waals surface area (Å²) in [6.45, 7) is 3.25. The quantitative estimate of drug-likeness (QED) is 0.516. The minimum absolute atomic E-state index is 0.114. The first-order valence-electron chi connectivity index (χ1n) is 6.19. The maximum absolute atomic E-state index is 11.7. The zero-order valence-electron chi connectivity index (χ0n) is 11.2. The van der Waals surface area contributed by atoms with Crippen molar-refractivity contribution in [2.45, 2.75) is 13.3 Å². The second-order valence-corrected chi connectivity index (χ2v) is 4.18. The van der Waals surface area contributed by atoms with Crippen LogP contribution in [0.2, 0.25) is 0 Å². The maximum Gasteiger partial charge on any atom is 0.248 e. The van der Waals surface area contributed by atoms with Gasteiger partial charge in [0.1, 0.15) is 0 Å². The Morgan fingerprint density at radius 2 is 1.60 bits per heavy atom. The average molecular weight is 278 g/mol. The summed E-state index contributed by atoms with van der Waals surface area (Å²) < 4.78 is 0. The number of benzene rings is 1. The fraction of sp³-hybridized carbons (Fsp3) is 0.308. The van der Waals surface area contributed by atoms with Gasteiger partial charge in [-0.05, 0) is 24.7 Å². The predicted molar refractivity (Wildman–Crippen MR) is 75.3 cm³/mol. The van der Waals surface area contributed by atoms with Gasteiger partial charge in [0, 0.05) is 29.8 Å². The topological polar surface area (TPSA) is 127 Å². The van der Waals surface area contributed by atoms with Gasteiger partial charge < -0.3 is 22.1 Å². The van der Waals surface area contributed by atoms with Crippen molar-refractivity contribution in [1.29, 1.82) is 0 Å². The highest BCUT2D eigenvalue weighted by Gasteiger charge is 2.10. The zero-order chi connectivity index (χ0) is 15.1. The molecule has 1 rings (SSSR count). The van der Waals surface area contributed by atoms with Gasteiger partial charge in [0.15, 0.2) is 0 Å². The molecule has 0 aliphatic heterocycles. The van der Waals surface area contributed by atoms with E-state index in [1.807, 2.05) is 6.92 Å². The van der Waals surface area contributed by atoms with Crippen LogP contribution in [0.5, 0.6) is 0 Å². The molecule has 1 aromatic carbocycles. The molecule has 108 valence electrons. The number of primary amides is 2. The Balaban J connectivity index is 2.86. The Kier molecular flexibility index (Phi) is 5.67. The number of nitrogens with one attached hydrogen (secondary N) is 2. The Morgan fingerprint density at radius 1 is 1.05 bits per heavy atom. The van der Waals surface area contributed by atoms with E-state index in [2.05, 4.69) is 10.6 Å². The highest BCUT2D eigenvalue weighted by Crippen LogP contribution is 2.15. The van der Waals surface area contributed by atoms with Crippen molar-refractivity contribution < 1.29 is 14.4 Å². The van der Waals surface area contributed by atoms with Crippen LogP contribution in [-0.2, 0) is 4.79 Å². The molecule has 0 fully saturated rings. The molecule has 20 heavy (non-hydrogen) atoms. The SMILES string of the molecule is CCNCCC(=O)Nc1cc(C(N)=O)cc(C(N)=O)c1. The number of carbonyl (C=O) groups excluding carboxylic acids is 3. The summed E-state index contributed by atoms with van der Waals surface area (Å²) in [6.07, 6.45) is 0.278. The van der Waals surface area contributed by atoms with Crippen molar-refractivity contribution in [1.82, 2.24) is 5.32 Å². The molecule has 6 N–H and O–H groups in total. The van der Waals surface area contributed by atoms with Gasteiger partial charge in [-0.3, -0.25) is 14.4 Å². The molecular weight excluding hydrogens is 260 g/mol. The molecule has 0 aliphatic carbocycles. The van der Waals surface area contributed by atoms with E-state index in [1.54, 1.807) is 0 Å². The summed E-state index contributed by atoms with van der Waals surface area (Å²) in [4.78, 5) is 34.0. The van der Waals surface area contributed by atoms with E-state index >= 15 is 0 Å². The number of anilines is 1. The molecule has 0 spiro atoms. The lowest BCUT2D eigenvalue weighted by molar-refractivity contribution is -0.116. The Bertz CT molecular complexity index is 496. The first-order valence-corrected chi connectivity index (χ1v) is 6.19. The van der Waals surface area contributed by atoms with E-state index < -0.39 is 11.8 Å². The third-order valence-electron chi connectivity index (χ3n) is 2.56. The Labute approximate surface area is 116 Å². The van der Waals surface area contributed by atoms with Gasteiger partial charge >= 0.3 is 0 Å². The normalized spacial score (nSPS) is 10.1. The molecule has 7 nitrogen and oxygen atoms in total. The number of hydrogen-bond donors (Lipinski definition) is 4. The zero-order valence-corrected chi connectivity index (χ0v) is 11.2. The molecule has 0 aromatic heterocycles. The van der Waals surface area contributed by atoms with Crippen LogP contribution in [0.1, 0.15) is 34.1 Å². The largest absolute Gasteiger partial charge is 0.366 e. The average Bonchev–Trinajstić information content (AvgIpc) is 2.38. The van der Waals surface area contributed by atoms with Crippen molar-refractivity contribution in [2.24, 2.45) is 11.5 Å². The lowest BCUT2D eigenvalue weighted by atomic mass is 10.1. The number of hydrogen-bond acceptors (Lipinski definition) is 4. The summed E-state index contributed by atoms with van der Waals surface area (Å²) in [6, 6.07) is 4.10. The van der Waals surface area contributed by atoms with E-state index in [1.165, 1.54) is 18.2 Å². The van der Waals surface area contributed by atoms with Crippen molar-refractivity contribution in [3.05, 3.63) is 29.3 Å². The van der Waals surface area contributed by atoms with Gasteiger partial charge in [0.05, 0.1) is 0 Å². The highest BCUT2D eigenvalue weighted by molar-refractivity contribution is 6.01. The Morgan fingerprint density at radius 3 is 2.05 bits per heavy atom. The van der Waals surface area contributed by atoms with E-state index in [9.17, 15) is 14.4 Å². The van der Waals surface area contributed by atoms with Crippen molar-refractivity contribution >= 4 is 23.4 Å². The third-order valence-corrected chi connectivity index (χ3v) is 2.56. The third kappa shape index (κ3) is 4.69. The standard InChI is InChI=1S/C13H18N4O3/c1-2-16-4-3-11(18)17-10-6-8(12(14)19)5-9(7-10)13(15)20/h5-7,16H,2-4H2,1H3,(H2,14,19)(H2,15,20)(H,17,18). The summed E-state index contributed by atoms with van der Waals surface area (Å²) in [5, 5.41) is 5.61. The van der Waals surface area contributed by atoms with Crippen LogP contribution in [0.15, 0.2) is 18.2 Å². The fourth-order valence-electron chi connectivity index (χ4n) is 1.59. The molecule has 1 aromatic rings. The van der Waals surface area contributed by atoms with Crippen molar-refractivity contribution in [3.8, 4) is 0 Å². The van der Waals surface area contributed by atoms with Crippen LogP contribution < -0.4 is 22.1 Å². The van der Waals surface area contributed by atoms with Crippen LogP contribution in [0.3, 0.4) is 0 Å². The molecule has 7 heteroatoms. The van der Waals surface area contributed by atoms with Gasteiger partial charge in [0.2, 0.25) is 17.7 Å². The van der Waals surface area contributed by atoms with E-state index in [-0.39, 0.29) is 23.5 Å². The maximum atomic E-state index is 11.7.